The molecule has 20 heavy (non-hydrogen) atoms. The molecular formula is C15H19NO4. The van der Waals surface area contributed by atoms with E-state index in [4.69, 9.17) is 4.74 Å². The van der Waals surface area contributed by atoms with Gasteiger partial charge in [-0.1, -0.05) is 12.1 Å². The summed E-state index contributed by atoms with van der Waals surface area (Å²) in [5.74, 6) is -0.346. The molecule has 2 rings (SSSR count). The van der Waals surface area contributed by atoms with Gasteiger partial charge in [-0.2, -0.15) is 0 Å². The number of piperidine rings is 1. The zero-order valence-corrected chi connectivity index (χ0v) is 11.8. The third-order valence-corrected chi connectivity index (χ3v) is 4.01. The molecule has 5 nitrogen and oxygen atoms in total. The number of aliphatic carboxylic acids is 1. The Kier molecular flexibility index (Phi) is 3.97. The molecule has 1 aliphatic rings. The second-order valence-corrected chi connectivity index (χ2v) is 5.36. The normalized spacial score (nSPS) is 17.6. The lowest BCUT2D eigenvalue weighted by Gasteiger charge is -2.36. The summed E-state index contributed by atoms with van der Waals surface area (Å²) in [7, 11) is 1.53. The molecule has 1 fully saturated rings. The van der Waals surface area contributed by atoms with Gasteiger partial charge in [0.2, 0.25) is 0 Å². The molecule has 0 saturated carbocycles. The van der Waals surface area contributed by atoms with Crippen molar-refractivity contribution in [3.63, 3.8) is 0 Å². The van der Waals surface area contributed by atoms with Gasteiger partial charge in [-0.3, -0.25) is 9.59 Å². The number of nitrogens with zero attached hydrogens (tertiary/aromatic N) is 1. The average molecular weight is 277 g/mol. The lowest BCUT2D eigenvalue weighted by Crippen LogP contribution is -2.45. The Bertz CT molecular complexity index is 518. The van der Waals surface area contributed by atoms with Crippen molar-refractivity contribution in [2.24, 2.45) is 5.41 Å². The minimum Gasteiger partial charge on any atom is -0.496 e. The van der Waals surface area contributed by atoms with Crippen molar-refractivity contribution < 1.29 is 19.4 Å². The van der Waals surface area contributed by atoms with Crippen LogP contribution in [0.4, 0.5) is 0 Å². The number of carbonyl (C=O) groups excluding carboxylic acids is 1. The molecular weight excluding hydrogens is 258 g/mol. The number of hydrogen-bond donors (Lipinski definition) is 1. The number of methoxy groups -OCH3 is 1. The number of likely N-dealkylation sites (tertiary alicyclic amines) is 1. The highest BCUT2D eigenvalue weighted by Gasteiger charge is 2.38. The monoisotopic (exact) mass is 277 g/mol. The molecule has 1 heterocycles. The number of ether oxygens (including phenoxy) is 1. The van der Waals surface area contributed by atoms with Gasteiger partial charge in [0.25, 0.3) is 5.91 Å². The van der Waals surface area contributed by atoms with Gasteiger partial charge in [0.1, 0.15) is 5.75 Å². The van der Waals surface area contributed by atoms with Gasteiger partial charge in [-0.25, -0.2) is 0 Å². The first-order chi connectivity index (χ1) is 9.48. The molecule has 1 N–H and O–H groups in total. The average Bonchev–Trinajstić information content (AvgIpc) is 2.47. The first-order valence-corrected chi connectivity index (χ1v) is 6.63. The molecule has 0 spiro atoms. The van der Waals surface area contributed by atoms with Crippen LogP contribution in [-0.4, -0.2) is 42.1 Å². The summed E-state index contributed by atoms with van der Waals surface area (Å²) >= 11 is 0. The van der Waals surface area contributed by atoms with Gasteiger partial charge in [0, 0.05) is 13.1 Å². The van der Waals surface area contributed by atoms with Crippen LogP contribution in [0.3, 0.4) is 0 Å². The van der Waals surface area contributed by atoms with Crippen LogP contribution in [0.15, 0.2) is 24.3 Å². The fourth-order valence-electron chi connectivity index (χ4n) is 2.41. The maximum absolute atomic E-state index is 12.5. The highest BCUT2D eigenvalue weighted by atomic mass is 16.5. The van der Waals surface area contributed by atoms with Crippen molar-refractivity contribution >= 4 is 11.9 Å². The number of rotatable bonds is 3. The van der Waals surface area contributed by atoms with E-state index >= 15 is 0 Å². The van der Waals surface area contributed by atoms with Gasteiger partial charge >= 0.3 is 5.97 Å². The lowest BCUT2D eigenvalue weighted by molar-refractivity contribution is -0.150. The maximum Gasteiger partial charge on any atom is 0.309 e. The maximum atomic E-state index is 12.5. The Morgan fingerprint density at radius 1 is 1.25 bits per heavy atom. The second kappa shape index (κ2) is 5.53. The second-order valence-electron chi connectivity index (χ2n) is 5.36. The number of amides is 1. The molecule has 1 aliphatic heterocycles. The SMILES string of the molecule is COc1ccccc1C(=O)N1CCC(C)(C(=O)O)CC1. The van der Waals surface area contributed by atoms with Gasteiger partial charge in [-0.15, -0.1) is 0 Å². The Morgan fingerprint density at radius 2 is 1.85 bits per heavy atom. The molecule has 5 heteroatoms. The number of carboxylic acids is 1. The Labute approximate surface area is 118 Å². The van der Waals surface area contributed by atoms with Gasteiger partial charge < -0.3 is 14.7 Å². The molecule has 0 bridgehead atoms. The van der Waals surface area contributed by atoms with Gasteiger partial charge in [0.05, 0.1) is 18.1 Å². The van der Waals surface area contributed by atoms with E-state index in [1.807, 2.05) is 6.07 Å². The number of benzene rings is 1. The summed E-state index contributed by atoms with van der Waals surface area (Å²) in [6.45, 7) is 2.65. The van der Waals surface area contributed by atoms with E-state index in [0.29, 0.717) is 37.2 Å². The summed E-state index contributed by atoms with van der Waals surface area (Å²) in [5, 5.41) is 9.20. The van der Waals surface area contributed by atoms with Crippen LogP contribution in [-0.2, 0) is 4.79 Å². The van der Waals surface area contributed by atoms with E-state index in [1.165, 1.54) is 7.11 Å². The van der Waals surface area contributed by atoms with Crippen LogP contribution >= 0.6 is 0 Å². The third-order valence-electron chi connectivity index (χ3n) is 4.01. The minimum atomic E-state index is -0.790. The molecule has 108 valence electrons. The van der Waals surface area contributed by atoms with Crippen molar-refractivity contribution in [1.82, 2.24) is 4.90 Å². The highest BCUT2D eigenvalue weighted by Crippen LogP contribution is 2.32. The first-order valence-electron chi connectivity index (χ1n) is 6.63. The van der Waals surface area contributed by atoms with Crippen LogP contribution in [0, 0.1) is 5.41 Å². The number of carbonyl (C=O) groups is 2. The molecule has 1 saturated heterocycles. The lowest BCUT2D eigenvalue weighted by atomic mass is 9.80. The summed E-state index contributed by atoms with van der Waals surface area (Å²) in [5.41, 5.74) is -0.202. The fourth-order valence-corrected chi connectivity index (χ4v) is 2.41. The van der Waals surface area contributed by atoms with E-state index < -0.39 is 11.4 Å². The van der Waals surface area contributed by atoms with Crippen LogP contribution in [0.25, 0.3) is 0 Å². The topological polar surface area (TPSA) is 66.8 Å². The Morgan fingerprint density at radius 3 is 2.40 bits per heavy atom. The quantitative estimate of drug-likeness (QED) is 0.918. The van der Waals surface area contributed by atoms with Crippen LogP contribution in [0.1, 0.15) is 30.1 Å². The van der Waals surface area contributed by atoms with E-state index in [0.717, 1.165) is 0 Å². The predicted molar refractivity (Wildman–Crippen MR) is 73.9 cm³/mol. The van der Waals surface area contributed by atoms with Crippen LogP contribution < -0.4 is 4.74 Å². The first kappa shape index (κ1) is 14.4. The third kappa shape index (κ3) is 2.61. The van der Waals surface area contributed by atoms with Crippen molar-refractivity contribution in [3.8, 4) is 5.75 Å². The van der Waals surface area contributed by atoms with E-state index in [1.54, 1.807) is 30.0 Å². The Balaban J connectivity index is 2.11. The molecule has 0 radical (unpaired) electrons. The van der Waals surface area contributed by atoms with Crippen molar-refractivity contribution in [2.75, 3.05) is 20.2 Å². The van der Waals surface area contributed by atoms with Crippen molar-refractivity contribution in [1.29, 1.82) is 0 Å². The van der Waals surface area contributed by atoms with Gasteiger partial charge in [0.15, 0.2) is 0 Å². The van der Waals surface area contributed by atoms with Gasteiger partial charge in [-0.05, 0) is 31.9 Å². The molecule has 1 aromatic rings. The smallest absolute Gasteiger partial charge is 0.309 e. The van der Waals surface area contributed by atoms with E-state index in [2.05, 4.69) is 0 Å². The summed E-state index contributed by atoms with van der Waals surface area (Å²) in [4.78, 5) is 25.4. The predicted octanol–water partition coefficient (Wildman–Crippen LogP) is 2.02. The molecule has 0 atom stereocenters. The fraction of sp³-hybridized carbons (Fsp3) is 0.467. The molecule has 1 aromatic carbocycles. The zero-order chi connectivity index (χ0) is 14.8. The minimum absolute atomic E-state index is 0.102. The van der Waals surface area contributed by atoms with Crippen LogP contribution in [0.2, 0.25) is 0 Å². The summed E-state index contributed by atoms with van der Waals surface area (Å²) in [6, 6.07) is 7.08. The molecule has 0 aromatic heterocycles. The zero-order valence-electron chi connectivity index (χ0n) is 11.8. The number of hydrogen-bond acceptors (Lipinski definition) is 3. The van der Waals surface area contributed by atoms with E-state index in [9.17, 15) is 14.7 Å². The molecule has 1 amide bonds. The van der Waals surface area contributed by atoms with Crippen molar-refractivity contribution in [3.05, 3.63) is 29.8 Å². The van der Waals surface area contributed by atoms with Crippen LogP contribution in [0.5, 0.6) is 5.75 Å². The largest absolute Gasteiger partial charge is 0.496 e. The number of para-hydroxylation sites is 1. The standard InChI is InChI=1S/C15H19NO4/c1-15(14(18)19)7-9-16(10-8-15)13(17)11-5-3-4-6-12(11)20-2/h3-6H,7-10H2,1-2H3,(H,18,19). The number of carboxylic acid groups (broad SMARTS) is 1. The Hall–Kier alpha value is -2.04. The summed E-state index contributed by atoms with van der Waals surface area (Å²) in [6.07, 6.45) is 0.951. The highest BCUT2D eigenvalue weighted by molar-refractivity contribution is 5.97. The molecule has 0 aliphatic carbocycles. The van der Waals surface area contributed by atoms with E-state index in [-0.39, 0.29) is 5.91 Å². The molecule has 0 unspecified atom stereocenters. The van der Waals surface area contributed by atoms with Crippen molar-refractivity contribution in [2.45, 2.75) is 19.8 Å². The summed E-state index contributed by atoms with van der Waals surface area (Å²) < 4.78 is 5.19.